The van der Waals surface area contributed by atoms with Gasteiger partial charge in [-0.1, -0.05) is 18.2 Å². The van der Waals surface area contributed by atoms with Crippen LogP contribution in [-0.2, 0) is 15.2 Å². The van der Waals surface area contributed by atoms with Crippen LogP contribution in [-0.4, -0.2) is 28.5 Å². The van der Waals surface area contributed by atoms with Crippen molar-refractivity contribution < 1.29 is 28.4 Å². The van der Waals surface area contributed by atoms with Crippen molar-refractivity contribution in [1.29, 1.82) is 0 Å². The van der Waals surface area contributed by atoms with Gasteiger partial charge in [0.2, 0.25) is 5.91 Å². The Kier molecular flexibility index (Phi) is 4.85. The van der Waals surface area contributed by atoms with E-state index in [-0.39, 0.29) is 17.2 Å². The topological polar surface area (TPSA) is 141 Å². The Hall–Kier alpha value is -3.17. The molecule has 9 heteroatoms. The first kappa shape index (κ1) is 19.2. The van der Waals surface area contributed by atoms with E-state index in [4.69, 9.17) is 19.4 Å². The highest BCUT2D eigenvalue weighted by molar-refractivity contribution is 6.05. The van der Waals surface area contributed by atoms with Crippen LogP contribution < -0.4 is 11.2 Å². The summed E-state index contributed by atoms with van der Waals surface area (Å²) in [5, 5.41) is 10.5. The lowest BCUT2D eigenvalue weighted by atomic mass is 9.81. The van der Waals surface area contributed by atoms with E-state index >= 15 is 0 Å². The SMILES string of the molecule is Cc1ncc([C@](ONC(=O)c2coc3ccccc23)(C2CC2)[C@H](CO)C(N)=O)o1. The molecule has 0 bridgehead atoms. The Labute approximate surface area is 165 Å². The zero-order chi connectivity index (χ0) is 20.6. The molecule has 1 fully saturated rings. The van der Waals surface area contributed by atoms with Gasteiger partial charge >= 0.3 is 0 Å². The van der Waals surface area contributed by atoms with E-state index in [1.807, 2.05) is 0 Å². The molecular weight excluding hydrogens is 378 g/mol. The number of rotatable bonds is 8. The Bertz CT molecular complexity index is 1050. The van der Waals surface area contributed by atoms with Crippen molar-refractivity contribution in [3.8, 4) is 0 Å². The van der Waals surface area contributed by atoms with Gasteiger partial charge in [-0.25, -0.2) is 10.5 Å². The van der Waals surface area contributed by atoms with Gasteiger partial charge in [0, 0.05) is 12.3 Å². The highest BCUT2D eigenvalue weighted by Crippen LogP contribution is 2.52. The monoisotopic (exact) mass is 399 g/mol. The van der Waals surface area contributed by atoms with Crippen molar-refractivity contribution in [3.05, 3.63) is 53.9 Å². The largest absolute Gasteiger partial charge is 0.463 e. The number of aliphatic hydroxyl groups excluding tert-OH is 1. The number of hydroxylamine groups is 1. The summed E-state index contributed by atoms with van der Waals surface area (Å²) in [6, 6.07) is 7.08. The minimum Gasteiger partial charge on any atom is -0.463 e. The van der Waals surface area contributed by atoms with Crippen LogP contribution in [0.15, 0.2) is 45.6 Å². The standard InChI is InChI=1S/C20H21N3O6/c1-11-22-8-17(28-11)20(12-6-7-12,15(9-24)18(21)25)29-23-19(26)14-10-27-16-5-3-2-4-13(14)16/h2-5,8,10,12,15,24H,6-7,9H2,1H3,(H2,21,25)(H,23,26)/t15-,20+/m1/s1. The molecule has 2 aromatic heterocycles. The fourth-order valence-corrected chi connectivity index (χ4v) is 3.69. The summed E-state index contributed by atoms with van der Waals surface area (Å²) in [7, 11) is 0. The Morgan fingerprint density at radius 2 is 2.17 bits per heavy atom. The normalized spacial score (nSPS) is 17.0. The molecule has 152 valence electrons. The van der Waals surface area contributed by atoms with Gasteiger partial charge in [0.05, 0.1) is 18.4 Å². The number of carbonyl (C=O) groups excluding carboxylic acids is 2. The van der Waals surface area contributed by atoms with Gasteiger partial charge in [-0.15, -0.1) is 0 Å². The summed E-state index contributed by atoms with van der Waals surface area (Å²) in [5.41, 5.74) is 7.33. The zero-order valence-corrected chi connectivity index (χ0v) is 15.8. The van der Waals surface area contributed by atoms with Crippen LogP contribution >= 0.6 is 0 Å². The van der Waals surface area contributed by atoms with E-state index in [1.165, 1.54) is 12.5 Å². The van der Waals surface area contributed by atoms with Crippen molar-refractivity contribution >= 4 is 22.8 Å². The van der Waals surface area contributed by atoms with E-state index in [0.717, 1.165) is 0 Å². The number of hydrogen-bond acceptors (Lipinski definition) is 7. The molecule has 4 N–H and O–H groups in total. The molecule has 0 radical (unpaired) electrons. The van der Waals surface area contributed by atoms with Crippen LogP contribution in [0.1, 0.15) is 34.9 Å². The fraction of sp³-hybridized carbons (Fsp3) is 0.350. The number of oxazole rings is 1. The minimum atomic E-state index is -1.46. The Morgan fingerprint density at radius 1 is 1.41 bits per heavy atom. The predicted octanol–water partition coefficient (Wildman–Crippen LogP) is 1.79. The van der Waals surface area contributed by atoms with Gasteiger partial charge in [-0.05, 0) is 24.8 Å². The molecule has 0 unspecified atom stereocenters. The lowest BCUT2D eigenvalue weighted by molar-refractivity contribution is -0.175. The number of primary amides is 1. The van der Waals surface area contributed by atoms with Crippen molar-refractivity contribution in [2.45, 2.75) is 25.4 Å². The Balaban J connectivity index is 1.68. The van der Waals surface area contributed by atoms with E-state index in [1.54, 1.807) is 31.2 Å². The average molecular weight is 399 g/mol. The third-order valence-electron chi connectivity index (χ3n) is 5.27. The lowest BCUT2D eigenvalue weighted by Gasteiger charge is -2.35. The fourth-order valence-electron chi connectivity index (χ4n) is 3.69. The molecule has 0 spiro atoms. The second-order valence-electron chi connectivity index (χ2n) is 7.13. The number of nitrogens with one attached hydrogen (secondary N) is 1. The third-order valence-corrected chi connectivity index (χ3v) is 5.27. The molecule has 0 saturated heterocycles. The first-order chi connectivity index (χ1) is 14.0. The highest BCUT2D eigenvalue weighted by Gasteiger charge is 2.58. The number of carbonyl (C=O) groups is 2. The molecule has 1 saturated carbocycles. The first-order valence-corrected chi connectivity index (χ1v) is 9.25. The van der Waals surface area contributed by atoms with Crippen LogP contribution in [0, 0.1) is 18.8 Å². The molecule has 4 rings (SSSR count). The molecular formula is C20H21N3O6. The number of aryl methyl sites for hydroxylation is 1. The highest BCUT2D eigenvalue weighted by atomic mass is 16.7. The maximum atomic E-state index is 12.8. The number of nitrogens with two attached hydrogens (primary N) is 1. The molecule has 1 aliphatic rings. The molecule has 29 heavy (non-hydrogen) atoms. The number of nitrogens with zero attached hydrogens (tertiary/aromatic N) is 1. The van der Waals surface area contributed by atoms with E-state index in [0.29, 0.717) is 29.7 Å². The molecule has 2 heterocycles. The van der Waals surface area contributed by atoms with Crippen LogP contribution in [0.5, 0.6) is 0 Å². The summed E-state index contributed by atoms with van der Waals surface area (Å²) in [6.07, 6.45) is 4.19. The minimum absolute atomic E-state index is 0.180. The van der Waals surface area contributed by atoms with Gasteiger partial charge in [-0.3, -0.25) is 14.4 Å². The van der Waals surface area contributed by atoms with E-state index < -0.39 is 29.9 Å². The quantitative estimate of drug-likeness (QED) is 0.490. The van der Waals surface area contributed by atoms with Crippen LogP contribution in [0.3, 0.4) is 0 Å². The van der Waals surface area contributed by atoms with Gasteiger partial charge < -0.3 is 19.7 Å². The average Bonchev–Trinajstić information content (AvgIpc) is 3.32. The number of fused-ring (bicyclic) bond motifs is 1. The van der Waals surface area contributed by atoms with Crippen LogP contribution in [0.25, 0.3) is 11.0 Å². The van der Waals surface area contributed by atoms with E-state index in [9.17, 15) is 14.7 Å². The zero-order valence-electron chi connectivity index (χ0n) is 15.8. The Morgan fingerprint density at radius 3 is 2.79 bits per heavy atom. The van der Waals surface area contributed by atoms with Gasteiger partial charge in [0.1, 0.15) is 17.8 Å². The van der Waals surface area contributed by atoms with Crippen molar-refractivity contribution in [2.75, 3.05) is 6.61 Å². The number of aliphatic hydroxyl groups is 1. The second-order valence-corrected chi connectivity index (χ2v) is 7.13. The number of para-hydroxylation sites is 1. The third kappa shape index (κ3) is 3.28. The second kappa shape index (κ2) is 7.34. The molecule has 1 aliphatic carbocycles. The summed E-state index contributed by atoms with van der Waals surface area (Å²) in [5.74, 6) is -2.05. The lowest BCUT2D eigenvalue weighted by Crippen LogP contribution is -2.51. The van der Waals surface area contributed by atoms with Crippen molar-refractivity contribution in [1.82, 2.24) is 10.5 Å². The summed E-state index contributed by atoms with van der Waals surface area (Å²) >= 11 is 0. The predicted molar refractivity (Wildman–Crippen MR) is 100 cm³/mol. The number of benzene rings is 1. The number of hydrogen-bond donors (Lipinski definition) is 3. The van der Waals surface area contributed by atoms with Crippen LogP contribution in [0.4, 0.5) is 0 Å². The van der Waals surface area contributed by atoms with Crippen LogP contribution in [0.2, 0.25) is 0 Å². The van der Waals surface area contributed by atoms with Gasteiger partial charge in [-0.2, -0.15) is 0 Å². The van der Waals surface area contributed by atoms with Crippen molar-refractivity contribution in [3.63, 3.8) is 0 Å². The number of furan rings is 1. The molecule has 2 atom stereocenters. The maximum absolute atomic E-state index is 12.8. The molecule has 1 aromatic carbocycles. The molecule has 0 aliphatic heterocycles. The molecule has 3 aromatic rings. The molecule has 9 nitrogen and oxygen atoms in total. The summed E-state index contributed by atoms with van der Waals surface area (Å²) in [6.45, 7) is 1.08. The summed E-state index contributed by atoms with van der Waals surface area (Å²) in [4.78, 5) is 34.9. The number of aromatic nitrogens is 1. The first-order valence-electron chi connectivity index (χ1n) is 9.25. The maximum Gasteiger partial charge on any atom is 0.278 e. The van der Waals surface area contributed by atoms with Gasteiger partial charge in [0.15, 0.2) is 17.3 Å². The van der Waals surface area contributed by atoms with E-state index in [2.05, 4.69) is 10.5 Å². The van der Waals surface area contributed by atoms with Crippen molar-refractivity contribution in [2.24, 2.45) is 17.6 Å². The number of amides is 2. The smallest absolute Gasteiger partial charge is 0.278 e. The molecule has 2 amide bonds. The van der Waals surface area contributed by atoms with Gasteiger partial charge in [0.25, 0.3) is 5.91 Å². The summed E-state index contributed by atoms with van der Waals surface area (Å²) < 4.78 is 11.0.